The molecule has 2 N–H and O–H groups in total. The van der Waals surface area contributed by atoms with Crippen LogP contribution in [0.5, 0.6) is 0 Å². The SMILES string of the molecule is CS(=O)(=O)c1c(N)cccc1-c1cccc(C(F)(F)F)c1. The van der Waals surface area contributed by atoms with Crippen LogP contribution in [0.2, 0.25) is 0 Å². The van der Waals surface area contributed by atoms with Gasteiger partial charge in [0.15, 0.2) is 9.84 Å². The Hall–Kier alpha value is -2.02. The molecule has 0 unspecified atom stereocenters. The van der Waals surface area contributed by atoms with E-state index in [-0.39, 0.29) is 21.7 Å². The summed E-state index contributed by atoms with van der Waals surface area (Å²) in [6, 6.07) is 8.81. The maximum absolute atomic E-state index is 12.8. The fraction of sp³-hybridized carbons (Fsp3) is 0.143. The third-order valence-corrected chi connectivity index (χ3v) is 4.11. The van der Waals surface area contributed by atoms with Crippen molar-refractivity contribution in [2.75, 3.05) is 12.0 Å². The fourth-order valence-corrected chi connectivity index (χ4v) is 3.14. The van der Waals surface area contributed by atoms with E-state index in [1.807, 2.05) is 0 Å². The van der Waals surface area contributed by atoms with E-state index in [4.69, 9.17) is 5.73 Å². The first kappa shape index (κ1) is 15.4. The van der Waals surface area contributed by atoms with Gasteiger partial charge in [0.05, 0.1) is 16.1 Å². The minimum atomic E-state index is -4.50. The van der Waals surface area contributed by atoms with Gasteiger partial charge in [0.1, 0.15) is 0 Å². The molecule has 0 saturated carbocycles. The summed E-state index contributed by atoms with van der Waals surface area (Å²) in [5.41, 5.74) is 5.14. The standard InChI is InChI=1S/C14H12F3NO2S/c1-21(19,20)13-11(6-3-7-12(13)18)9-4-2-5-10(8-9)14(15,16)17/h2-8H,18H2,1H3. The van der Waals surface area contributed by atoms with E-state index in [0.29, 0.717) is 0 Å². The van der Waals surface area contributed by atoms with E-state index in [0.717, 1.165) is 18.4 Å². The van der Waals surface area contributed by atoms with Crippen LogP contribution in [0.3, 0.4) is 0 Å². The first-order valence-electron chi connectivity index (χ1n) is 5.87. The summed E-state index contributed by atoms with van der Waals surface area (Å²) in [7, 11) is -3.67. The largest absolute Gasteiger partial charge is 0.416 e. The third-order valence-electron chi connectivity index (χ3n) is 2.92. The summed E-state index contributed by atoms with van der Waals surface area (Å²) in [4.78, 5) is -0.163. The number of sulfone groups is 1. The van der Waals surface area contributed by atoms with Crippen molar-refractivity contribution >= 4 is 15.5 Å². The lowest BCUT2D eigenvalue weighted by Crippen LogP contribution is -2.06. The molecule has 21 heavy (non-hydrogen) atoms. The van der Waals surface area contributed by atoms with Gasteiger partial charge in [0.25, 0.3) is 0 Å². The average Bonchev–Trinajstić information content (AvgIpc) is 2.36. The Bertz CT molecular complexity index is 783. The van der Waals surface area contributed by atoms with Crippen LogP contribution >= 0.6 is 0 Å². The van der Waals surface area contributed by atoms with Gasteiger partial charge in [0, 0.05) is 11.8 Å². The molecule has 0 amide bonds. The van der Waals surface area contributed by atoms with Gasteiger partial charge >= 0.3 is 6.18 Å². The lowest BCUT2D eigenvalue weighted by atomic mass is 10.0. The van der Waals surface area contributed by atoms with Crippen molar-refractivity contribution in [3.63, 3.8) is 0 Å². The van der Waals surface area contributed by atoms with Crippen molar-refractivity contribution in [2.45, 2.75) is 11.1 Å². The van der Waals surface area contributed by atoms with Crippen LogP contribution in [0.4, 0.5) is 18.9 Å². The Balaban J connectivity index is 2.72. The van der Waals surface area contributed by atoms with Gasteiger partial charge in [-0.1, -0.05) is 24.3 Å². The van der Waals surface area contributed by atoms with E-state index in [9.17, 15) is 21.6 Å². The first-order chi connectivity index (χ1) is 9.60. The van der Waals surface area contributed by atoms with E-state index in [1.165, 1.54) is 30.3 Å². The molecule has 2 rings (SSSR count). The summed E-state index contributed by atoms with van der Waals surface area (Å²) in [6.45, 7) is 0. The molecular weight excluding hydrogens is 303 g/mol. The zero-order chi connectivity index (χ0) is 15.8. The average molecular weight is 315 g/mol. The number of anilines is 1. The topological polar surface area (TPSA) is 60.2 Å². The second-order valence-corrected chi connectivity index (χ2v) is 6.53. The molecule has 0 heterocycles. The van der Waals surface area contributed by atoms with Crippen LogP contribution in [0.1, 0.15) is 5.56 Å². The van der Waals surface area contributed by atoms with Crippen molar-refractivity contribution in [3.8, 4) is 11.1 Å². The van der Waals surface area contributed by atoms with Crippen LogP contribution in [-0.4, -0.2) is 14.7 Å². The Morgan fingerprint density at radius 1 is 1.05 bits per heavy atom. The molecule has 0 aliphatic rings. The quantitative estimate of drug-likeness (QED) is 0.865. The monoisotopic (exact) mass is 315 g/mol. The minimum Gasteiger partial charge on any atom is -0.398 e. The highest BCUT2D eigenvalue weighted by Gasteiger charge is 2.31. The molecular formula is C14H12F3NO2S. The molecule has 112 valence electrons. The molecule has 0 saturated heterocycles. The number of hydrogen-bond donors (Lipinski definition) is 1. The number of alkyl halides is 3. The number of nitrogens with two attached hydrogens (primary N) is 1. The predicted octanol–water partition coefficient (Wildman–Crippen LogP) is 3.36. The number of benzene rings is 2. The predicted molar refractivity (Wildman–Crippen MR) is 74.4 cm³/mol. The zero-order valence-corrected chi connectivity index (χ0v) is 11.8. The molecule has 2 aromatic carbocycles. The molecule has 3 nitrogen and oxygen atoms in total. The van der Waals surface area contributed by atoms with Gasteiger partial charge in [-0.25, -0.2) is 8.42 Å². The highest BCUT2D eigenvalue weighted by molar-refractivity contribution is 7.91. The van der Waals surface area contributed by atoms with Crippen LogP contribution in [0, 0.1) is 0 Å². The van der Waals surface area contributed by atoms with Crippen LogP contribution in [0.25, 0.3) is 11.1 Å². The Morgan fingerprint density at radius 3 is 2.24 bits per heavy atom. The highest BCUT2D eigenvalue weighted by atomic mass is 32.2. The molecule has 0 aliphatic heterocycles. The van der Waals surface area contributed by atoms with Gasteiger partial charge in [-0.15, -0.1) is 0 Å². The van der Waals surface area contributed by atoms with Crippen molar-refractivity contribution in [2.24, 2.45) is 0 Å². The van der Waals surface area contributed by atoms with Crippen LogP contribution < -0.4 is 5.73 Å². The lowest BCUT2D eigenvalue weighted by Gasteiger charge is -2.13. The molecule has 0 aromatic heterocycles. The summed E-state index contributed by atoms with van der Waals surface area (Å²) in [6.07, 6.45) is -3.53. The summed E-state index contributed by atoms with van der Waals surface area (Å²) in [5, 5.41) is 0. The van der Waals surface area contributed by atoms with Crippen molar-refractivity contribution < 1.29 is 21.6 Å². The lowest BCUT2D eigenvalue weighted by molar-refractivity contribution is -0.137. The van der Waals surface area contributed by atoms with E-state index in [2.05, 4.69) is 0 Å². The second kappa shape index (κ2) is 5.07. The number of rotatable bonds is 2. The van der Waals surface area contributed by atoms with Crippen molar-refractivity contribution in [3.05, 3.63) is 48.0 Å². The Morgan fingerprint density at radius 2 is 1.67 bits per heavy atom. The Kier molecular flexibility index (Phi) is 3.71. The first-order valence-corrected chi connectivity index (χ1v) is 7.76. The molecule has 2 aromatic rings. The van der Waals surface area contributed by atoms with Crippen LogP contribution in [0.15, 0.2) is 47.4 Å². The van der Waals surface area contributed by atoms with Gasteiger partial charge < -0.3 is 5.73 Å². The van der Waals surface area contributed by atoms with E-state index in [1.54, 1.807) is 0 Å². The molecule has 0 atom stereocenters. The fourth-order valence-electron chi connectivity index (χ4n) is 2.06. The number of halogens is 3. The van der Waals surface area contributed by atoms with Gasteiger partial charge in [0.2, 0.25) is 0 Å². The number of hydrogen-bond acceptors (Lipinski definition) is 3. The molecule has 0 bridgehead atoms. The maximum Gasteiger partial charge on any atom is 0.416 e. The van der Waals surface area contributed by atoms with E-state index < -0.39 is 21.6 Å². The van der Waals surface area contributed by atoms with Gasteiger partial charge in [-0.3, -0.25) is 0 Å². The molecule has 0 spiro atoms. The van der Waals surface area contributed by atoms with Crippen LogP contribution in [-0.2, 0) is 16.0 Å². The second-order valence-electron chi connectivity index (χ2n) is 4.57. The third kappa shape index (κ3) is 3.18. The molecule has 0 aliphatic carbocycles. The van der Waals surface area contributed by atoms with Crippen molar-refractivity contribution in [1.29, 1.82) is 0 Å². The zero-order valence-electron chi connectivity index (χ0n) is 11.0. The van der Waals surface area contributed by atoms with Crippen molar-refractivity contribution in [1.82, 2.24) is 0 Å². The summed E-state index contributed by atoms with van der Waals surface area (Å²) in [5.74, 6) is 0. The summed E-state index contributed by atoms with van der Waals surface area (Å²) >= 11 is 0. The Labute approximate surface area is 120 Å². The molecule has 0 radical (unpaired) electrons. The van der Waals surface area contributed by atoms with Gasteiger partial charge in [-0.05, 0) is 23.8 Å². The maximum atomic E-state index is 12.8. The summed E-state index contributed by atoms with van der Waals surface area (Å²) < 4.78 is 61.9. The molecule has 0 fully saturated rings. The normalized spacial score (nSPS) is 12.4. The molecule has 7 heteroatoms. The highest BCUT2D eigenvalue weighted by Crippen LogP contribution is 2.35. The number of nitrogen functional groups attached to an aromatic ring is 1. The van der Waals surface area contributed by atoms with E-state index >= 15 is 0 Å². The smallest absolute Gasteiger partial charge is 0.398 e. The minimum absolute atomic E-state index is 0.00686. The van der Waals surface area contributed by atoms with Gasteiger partial charge in [-0.2, -0.15) is 13.2 Å².